The molecule has 6 N–H and O–H groups in total. The van der Waals surface area contributed by atoms with E-state index in [4.69, 9.17) is 14.2 Å². The first kappa shape index (κ1) is 69.9. The number of unbranched alkanes of at least 4 members (excludes halogenated alkanes) is 24. The van der Waals surface area contributed by atoms with Gasteiger partial charge in [-0.3, -0.25) is 9.59 Å². The van der Waals surface area contributed by atoms with Crippen molar-refractivity contribution in [3.8, 4) is 0 Å². The highest BCUT2D eigenvalue weighted by atomic mass is 16.7. The summed E-state index contributed by atoms with van der Waals surface area (Å²) in [4.78, 5) is 26.5. The second-order valence-corrected chi connectivity index (χ2v) is 20.7. The van der Waals surface area contributed by atoms with E-state index in [2.05, 4.69) is 86.8 Å². The van der Waals surface area contributed by atoms with Crippen LogP contribution in [0.1, 0.15) is 245 Å². The molecule has 0 bridgehead atoms. The van der Waals surface area contributed by atoms with E-state index in [1.165, 1.54) is 109 Å². The standard InChI is InChI=1S/C64H111NO10/c1-4-7-10-13-16-19-22-25-27-29-31-34-37-40-43-46-49-52-59(69)75-62-61(71)60(70)58(53-66)74-64(62)73-54-55(56(67)50-47-44-41-38-35-32-24-21-18-15-12-9-6-3)65-63(72)57(68)51-48-45-42-39-36-33-30-28-26-23-20-17-14-11-8-5-2/h16-17,19-20,25-28,33,36,42,45,47,50,55-58,60-62,64,66-68,70-71H,4-15,18,21-24,29-32,34-35,37-41,43-44,46,48-49,51-54H2,1-3H3,(H,65,72)/b19-16-,20-17-,27-25-,28-26-,36-33-,45-42-,50-47+. The number of nitrogens with one attached hydrogen (secondary N) is 1. The SMILES string of the molecule is CCCCC/C=C\C/C=C\C/C=C\C/C=C\CCC(O)C(=O)NC(COC1OC(CO)C(O)C(O)C1OC(=O)CCCCCCCCC/C=C\C/C=C\CCCCC)C(O)/C=C/CCCCCCCCCCCCC. The van der Waals surface area contributed by atoms with Gasteiger partial charge in [0.2, 0.25) is 5.91 Å². The van der Waals surface area contributed by atoms with Gasteiger partial charge in [-0.05, 0) is 96.3 Å². The van der Waals surface area contributed by atoms with E-state index in [9.17, 15) is 35.1 Å². The number of hydrogen-bond acceptors (Lipinski definition) is 10. The molecular formula is C64H111NO10. The predicted molar refractivity (Wildman–Crippen MR) is 310 cm³/mol. The first-order valence-corrected chi connectivity index (χ1v) is 30.4. The average Bonchev–Trinajstić information content (AvgIpc) is 3.41. The summed E-state index contributed by atoms with van der Waals surface area (Å²) in [6, 6.07) is -1.06. The van der Waals surface area contributed by atoms with Crippen LogP contribution in [0.3, 0.4) is 0 Å². The van der Waals surface area contributed by atoms with E-state index < -0.39 is 67.4 Å². The van der Waals surface area contributed by atoms with Crippen molar-refractivity contribution in [1.82, 2.24) is 5.32 Å². The summed E-state index contributed by atoms with van der Waals surface area (Å²) >= 11 is 0. The number of allylic oxidation sites excluding steroid dienone is 13. The maximum Gasteiger partial charge on any atom is 0.306 e. The molecule has 1 aliphatic rings. The molecule has 1 aliphatic heterocycles. The lowest BCUT2D eigenvalue weighted by Gasteiger charge is -2.41. The van der Waals surface area contributed by atoms with E-state index in [-0.39, 0.29) is 19.4 Å². The number of carbonyl (C=O) groups is 2. The van der Waals surface area contributed by atoms with E-state index >= 15 is 0 Å². The number of aliphatic hydroxyl groups is 5. The van der Waals surface area contributed by atoms with Gasteiger partial charge in [-0.1, -0.05) is 228 Å². The molecule has 8 unspecified atom stereocenters. The fourth-order valence-electron chi connectivity index (χ4n) is 8.91. The van der Waals surface area contributed by atoms with Crippen molar-refractivity contribution < 1.29 is 49.3 Å². The number of aliphatic hydroxyl groups excluding tert-OH is 5. The predicted octanol–water partition coefficient (Wildman–Crippen LogP) is 14.2. The van der Waals surface area contributed by atoms with Crippen LogP contribution in [-0.4, -0.2) is 99.6 Å². The minimum Gasteiger partial charge on any atom is -0.454 e. The van der Waals surface area contributed by atoms with Gasteiger partial charge in [0, 0.05) is 6.42 Å². The average molecular weight is 1050 g/mol. The Hall–Kier alpha value is -3.16. The molecule has 1 rings (SSSR count). The Morgan fingerprint density at radius 1 is 0.520 bits per heavy atom. The fourth-order valence-corrected chi connectivity index (χ4v) is 8.91. The summed E-state index contributed by atoms with van der Waals surface area (Å²) in [5.74, 6) is -1.27. The molecule has 0 radical (unpaired) electrons. The molecule has 0 spiro atoms. The Balaban J connectivity index is 2.76. The zero-order valence-corrected chi connectivity index (χ0v) is 47.6. The van der Waals surface area contributed by atoms with Crippen LogP contribution in [0.2, 0.25) is 0 Å². The van der Waals surface area contributed by atoms with Crippen molar-refractivity contribution in [3.05, 3.63) is 85.1 Å². The first-order chi connectivity index (χ1) is 36.7. The van der Waals surface area contributed by atoms with Crippen LogP contribution in [0.25, 0.3) is 0 Å². The van der Waals surface area contributed by atoms with Gasteiger partial charge in [0.05, 0.1) is 25.4 Å². The molecule has 0 aliphatic carbocycles. The normalized spacial score (nSPS) is 19.8. The molecule has 0 aromatic rings. The summed E-state index contributed by atoms with van der Waals surface area (Å²) < 4.78 is 17.6. The molecular weight excluding hydrogens is 943 g/mol. The Morgan fingerprint density at radius 3 is 1.40 bits per heavy atom. The third-order valence-electron chi connectivity index (χ3n) is 13.8. The van der Waals surface area contributed by atoms with E-state index in [0.717, 1.165) is 89.9 Å². The molecule has 1 heterocycles. The lowest BCUT2D eigenvalue weighted by atomic mass is 9.99. The van der Waals surface area contributed by atoms with Crippen LogP contribution in [0.15, 0.2) is 85.1 Å². The number of ether oxygens (including phenoxy) is 3. The van der Waals surface area contributed by atoms with Gasteiger partial charge in [-0.15, -0.1) is 0 Å². The van der Waals surface area contributed by atoms with Crippen LogP contribution in [-0.2, 0) is 23.8 Å². The zero-order chi connectivity index (χ0) is 54.7. The summed E-state index contributed by atoms with van der Waals surface area (Å²) in [6.07, 6.45) is 56.2. The number of esters is 1. The van der Waals surface area contributed by atoms with Crippen molar-refractivity contribution in [2.45, 2.75) is 294 Å². The largest absolute Gasteiger partial charge is 0.454 e. The molecule has 1 saturated heterocycles. The lowest BCUT2D eigenvalue weighted by molar-refractivity contribution is -0.305. The van der Waals surface area contributed by atoms with Crippen LogP contribution in [0, 0.1) is 0 Å². The monoisotopic (exact) mass is 1050 g/mol. The van der Waals surface area contributed by atoms with Gasteiger partial charge in [0.15, 0.2) is 12.4 Å². The van der Waals surface area contributed by atoms with Gasteiger partial charge < -0.3 is 45.1 Å². The molecule has 8 atom stereocenters. The molecule has 1 amide bonds. The van der Waals surface area contributed by atoms with Crippen LogP contribution in [0.4, 0.5) is 0 Å². The molecule has 11 heteroatoms. The Morgan fingerprint density at radius 2 is 0.920 bits per heavy atom. The number of rotatable bonds is 50. The highest BCUT2D eigenvalue weighted by molar-refractivity contribution is 5.80. The first-order valence-electron chi connectivity index (χ1n) is 30.4. The van der Waals surface area contributed by atoms with Gasteiger partial charge in [-0.2, -0.15) is 0 Å². The molecule has 0 aromatic carbocycles. The number of carbonyl (C=O) groups excluding carboxylic acids is 2. The maximum absolute atomic E-state index is 13.4. The fraction of sp³-hybridized carbons (Fsp3) is 0.750. The Kier molecular flexibility index (Phi) is 48.0. The lowest BCUT2D eigenvalue weighted by Crippen LogP contribution is -2.61. The zero-order valence-electron chi connectivity index (χ0n) is 47.6. The summed E-state index contributed by atoms with van der Waals surface area (Å²) in [5.41, 5.74) is 0. The van der Waals surface area contributed by atoms with Gasteiger partial charge >= 0.3 is 5.97 Å². The van der Waals surface area contributed by atoms with E-state index in [0.29, 0.717) is 12.8 Å². The van der Waals surface area contributed by atoms with Gasteiger partial charge in [0.25, 0.3) is 0 Å². The van der Waals surface area contributed by atoms with Gasteiger partial charge in [0.1, 0.15) is 24.4 Å². The van der Waals surface area contributed by atoms with Crippen molar-refractivity contribution in [3.63, 3.8) is 0 Å². The topological polar surface area (TPSA) is 175 Å². The number of hydrogen-bond donors (Lipinski definition) is 6. The van der Waals surface area contributed by atoms with Crippen molar-refractivity contribution in [1.29, 1.82) is 0 Å². The van der Waals surface area contributed by atoms with E-state index in [1.54, 1.807) is 6.08 Å². The second kappa shape index (κ2) is 51.6. The van der Waals surface area contributed by atoms with Crippen LogP contribution < -0.4 is 5.32 Å². The minimum atomic E-state index is -1.63. The Bertz CT molecular complexity index is 1540. The molecule has 75 heavy (non-hydrogen) atoms. The smallest absolute Gasteiger partial charge is 0.306 e. The van der Waals surface area contributed by atoms with Crippen LogP contribution in [0.5, 0.6) is 0 Å². The summed E-state index contributed by atoms with van der Waals surface area (Å²) in [5, 5.41) is 56.8. The van der Waals surface area contributed by atoms with Gasteiger partial charge in [-0.25, -0.2) is 0 Å². The van der Waals surface area contributed by atoms with E-state index in [1.807, 2.05) is 18.2 Å². The maximum atomic E-state index is 13.4. The minimum absolute atomic E-state index is 0.105. The molecule has 0 aromatic heterocycles. The molecule has 11 nitrogen and oxygen atoms in total. The molecule has 432 valence electrons. The van der Waals surface area contributed by atoms with Crippen molar-refractivity contribution in [2.24, 2.45) is 0 Å². The third kappa shape index (κ3) is 39.8. The van der Waals surface area contributed by atoms with Crippen molar-refractivity contribution >= 4 is 11.9 Å². The molecule has 0 saturated carbocycles. The summed E-state index contributed by atoms with van der Waals surface area (Å²) in [7, 11) is 0. The summed E-state index contributed by atoms with van der Waals surface area (Å²) in [6.45, 7) is 5.69. The Labute approximate surface area is 457 Å². The molecule has 1 fully saturated rings. The highest BCUT2D eigenvalue weighted by Gasteiger charge is 2.47. The highest BCUT2D eigenvalue weighted by Crippen LogP contribution is 2.26. The number of amides is 1. The van der Waals surface area contributed by atoms with Crippen molar-refractivity contribution in [2.75, 3.05) is 13.2 Å². The van der Waals surface area contributed by atoms with Crippen LogP contribution >= 0.6 is 0 Å². The second-order valence-electron chi connectivity index (χ2n) is 20.7. The quantitative estimate of drug-likeness (QED) is 0.0195. The third-order valence-corrected chi connectivity index (χ3v) is 13.8.